The summed E-state index contributed by atoms with van der Waals surface area (Å²) in [5.41, 5.74) is 1.28. The van der Waals surface area contributed by atoms with E-state index in [-0.39, 0.29) is 24.9 Å². The Labute approximate surface area is 162 Å². The van der Waals surface area contributed by atoms with Crippen molar-refractivity contribution in [3.8, 4) is 0 Å². The molecular weight excluding hydrogens is 368 g/mol. The highest BCUT2D eigenvalue weighted by atomic mass is 32.2. The van der Waals surface area contributed by atoms with Crippen molar-refractivity contribution in [3.63, 3.8) is 0 Å². The van der Waals surface area contributed by atoms with Crippen LogP contribution in [-0.4, -0.2) is 52.4 Å². The zero-order valence-corrected chi connectivity index (χ0v) is 16.3. The van der Waals surface area contributed by atoms with Crippen molar-refractivity contribution >= 4 is 35.2 Å². The Morgan fingerprint density at radius 1 is 1.30 bits per heavy atom. The standard InChI is InChI=1S/C19H22N2O5S/c1-12(2)15(16(23)26-10-13-7-5-4-6-8-13)21-17(24)19(9-14(22)25-3)18(21)27-11-20-19/h4-8,11-12,15,18H,9-10H2,1-3H3/t15?,18-,19-/m1/s1. The molecule has 2 aliphatic heterocycles. The van der Waals surface area contributed by atoms with Gasteiger partial charge in [-0.2, -0.15) is 0 Å². The van der Waals surface area contributed by atoms with Crippen LogP contribution < -0.4 is 0 Å². The molecule has 0 radical (unpaired) electrons. The number of carbonyl (C=O) groups is 3. The van der Waals surface area contributed by atoms with Crippen LogP contribution >= 0.6 is 11.8 Å². The van der Waals surface area contributed by atoms with E-state index in [4.69, 9.17) is 9.47 Å². The minimum Gasteiger partial charge on any atom is -0.469 e. The number of amides is 1. The Morgan fingerprint density at radius 2 is 2.00 bits per heavy atom. The molecule has 1 unspecified atom stereocenters. The number of benzene rings is 1. The monoisotopic (exact) mass is 390 g/mol. The highest BCUT2D eigenvalue weighted by Gasteiger charge is 2.67. The van der Waals surface area contributed by atoms with Crippen molar-refractivity contribution < 1.29 is 23.9 Å². The van der Waals surface area contributed by atoms with Crippen molar-refractivity contribution in [1.29, 1.82) is 0 Å². The first-order chi connectivity index (χ1) is 12.9. The number of fused-ring (bicyclic) bond motifs is 1. The maximum atomic E-state index is 12.9. The van der Waals surface area contributed by atoms with Crippen molar-refractivity contribution in [2.45, 2.75) is 43.8 Å². The van der Waals surface area contributed by atoms with Crippen LogP contribution in [0.3, 0.4) is 0 Å². The highest BCUT2D eigenvalue weighted by molar-refractivity contribution is 8.13. The van der Waals surface area contributed by atoms with Gasteiger partial charge in [-0.05, 0) is 11.5 Å². The van der Waals surface area contributed by atoms with Crippen LogP contribution in [0.1, 0.15) is 25.8 Å². The Hall–Kier alpha value is -2.35. The Balaban J connectivity index is 1.73. The Bertz CT molecular complexity index is 767. The first kappa shape index (κ1) is 19.4. The van der Waals surface area contributed by atoms with Gasteiger partial charge in [-0.25, -0.2) is 4.79 Å². The summed E-state index contributed by atoms with van der Waals surface area (Å²) in [5, 5.41) is -0.402. The minimum atomic E-state index is -1.16. The number of carbonyl (C=O) groups excluding carboxylic acids is 3. The van der Waals surface area contributed by atoms with E-state index in [0.29, 0.717) is 0 Å². The van der Waals surface area contributed by atoms with Gasteiger partial charge >= 0.3 is 11.9 Å². The van der Waals surface area contributed by atoms with E-state index >= 15 is 0 Å². The summed E-state index contributed by atoms with van der Waals surface area (Å²) < 4.78 is 10.2. The van der Waals surface area contributed by atoms with Gasteiger partial charge in [0.15, 0.2) is 5.54 Å². The van der Waals surface area contributed by atoms with Crippen LogP contribution in [-0.2, 0) is 30.5 Å². The lowest BCUT2D eigenvalue weighted by atomic mass is 9.82. The average Bonchev–Trinajstić information content (AvgIpc) is 3.03. The third-order valence-electron chi connectivity index (χ3n) is 4.78. The molecule has 1 amide bonds. The van der Waals surface area contributed by atoms with Gasteiger partial charge in [-0.15, -0.1) is 0 Å². The second-order valence-corrected chi connectivity index (χ2v) is 7.82. The molecule has 7 nitrogen and oxygen atoms in total. The average molecular weight is 390 g/mol. The largest absolute Gasteiger partial charge is 0.469 e. The molecular formula is C19H22N2O5S. The van der Waals surface area contributed by atoms with E-state index in [2.05, 4.69) is 4.99 Å². The highest BCUT2D eigenvalue weighted by Crippen LogP contribution is 2.49. The van der Waals surface area contributed by atoms with E-state index in [9.17, 15) is 14.4 Å². The third-order valence-corrected chi connectivity index (χ3v) is 5.88. The summed E-state index contributed by atoms with van der Waals surface area (Å²) in [6, 6.07) is 8.64. The second kappa shape index (κ2) is 7.72. The number of methoxy groups -OCH3 is 1. The first-order valence-electron chi connectivity index (χ1n) is 8.70. The molecule has 0 bridgehead atoms. The number of likely N-dealkylation sites (tertiary alicyclic amines) is 1. The minimum absolute atomic E-state index is 0.128. The zero-order chi connectivity index (χ0) is 19.6. The van der Waals surface area contributed by atoms with Gasteiger partial charge in [-0.3, -0.25) is 14.6 Å². The molecule has 1 fully saturated rings. The fourth-order valence-electron chi connectivity index (χ4n) is 3.37. The molecule has 0 saturated carbocycles. The molecule has 3 atom stereocenters. The van der Waals surface area contributed by atoms with Crippen molar-refractivity contribution in [2.24, 2.45) is 10.9 Å². The van der Waals surface area contributed by atoms with E-state index in [1.807, 2.05) is 44.2 Å². The van der Waals surface area contributed by atoms with E-state index in [1.165, 1.54) is 23.8 Å². The smallest absolute Gasteiger partial charge is 0.329 e. The molecule has 3 rings (SSSR count). The lowest BCUT2D eigenvalue weighted by molar-refractivity contribution is -0.174. The van der Waals surface area contributed by atoms with Crippen LogP contribution in [0.5, 0.6) is 0 Å². The maximum absolute atomic E-state index is 12.9. The van der Waals surface area contributed by atoms with Crippen LogP contribution in [0.15, 0.2) is 35.3 Å². The molecule has 2 heterocycles. The fraction of sp³-hybridized carbons (Fsp3) is 0.474. The lowest BCUT2D eigenvalue weighted by Crippen LogP contribution is -2.74. The van der Waals surface area contributed by atoms with Crippen LogP contribution in [0.25, 0.3) is 0 Å². The number of hydrogen-bond acceptors (Lipinski definition) is 7. The summed E-state index contributed by atoms with van der Waals surface area (Å²) in [6.45, 7) is 3.87. The molecule has 0 spiro atoms. The fourth-order valence-corrected chi connectivity index (χ4v) is 4.57. The number of β-lactam (4-membered cyclic amide) rings is 1. The number of hydrogen-bond donors (Lipinski definition) is 0. The van der Waals surface area contributed by atoms with E-state index < -0.39 is 28.9 Å². The number of esters is 2. The second-order valence-electron chi connectivity index (χ2n) is 6.89. The molecule has 1 saturated heterocycles. The number of ether oxygens (including phenoxy) is 2. The molecule has 27 heavy (non-hydrogen) atoms. The molecule has 144 valence electrons. The quantitative estimate of drug-likeness (QED) is 0.523. The van der Waals surface area contributed by atoms with Crippen LogP contribution in [0.4, 0.5) is 0 Å². The number of rotatable bonds is 7. The SMILES string of the molecule is COC(=O)C[C@]12N=CS[C@H]1N(C(C(=O)OCc1ccccc1)C(C)C)C2=O. The van der Waals surface area contributed by atoms with Gasteiger partial charge in [0.25, 0.3) is 5.91 Å². The molecule has 0 aromatic heterocycles. The zero-order valence-electron chi connectivity index (χ0n) is 15.5. The number of thioether (sulfide) groups is 1. The summed E-state index contributed by atoms with van der Waals surface area (Å²) in [5.74, 6) is -1.44. The predicted molar refractivity (Wildman–Crippen MR) is 101 cm³/mol. The normalized spacial score (nSPS) is 24.4. The van der Waals surface area contributed by atoms with Gasteiger partial charge in [0.05, 0.1) is 19.1 Å². The number of nitrogens with zero attached hydrogens (tertiary/aromatic N) is 2. The summed E-state index contributed by atoms with van der Waals surface area (Å²) in [4.78, 5) is 43.2. The van der Waals surface area contributed by atoms with E-state index in [0.717, 1.165) is 5.56 Å². The summed E-state index contributed by atoms with van der Waals surface area (Å²) >= 11 is 1.33. The van der Waals surface area contributed by atoms with Gasteiger partial charge in [0, 0.05) is 0 Å². The molecule has 0 N–H and O–H groups in total. The summed E-state index contributed by atoms with van der Waals surface area (Å²) in [7, 11) is 1.28. The first-order valence-corrected chi connectivity index (χ1v) is 9.64. The van der Waals surface area contributed by atoms with Crippen molar-refractivity contribution in [2.75, 3.05) is 7.11 Å². The maximum Gasteiger partial charge on any atom is 0.329 e. The number of aliphatic imine (C=N–C) groups is 1. The van der Waals surface area contributed by atoms with Gasteiger partial charge in [0.2, 0.25) is 0 Å². The van der Waals surface area contributed by atoms with Gasteiger partial charge in [0.1, 0.15) is 18.0 Å². The summed E-state index contributed by atoms with van der Waals surface area (Å²) in [6.07, 6.45) is -0.128. The van der Waals surface area contributed by atoms with Crippen LogP contribution in [0, 0.1) is 5.92 Å². The predicted octanol–water partition coefficient (Wildman–Crippen LogP) is 2.00. The van der Waals surface area contributed by atoms with Crippen molar-refractivity contribution in [3.05, 3.63) is 35.9 Å². The third kappa shape index (κ3) is 3.45. The molecule has 2 aliphatic rings. The van der Waals surface area contributed by atoms with Gasteiger partial charge in [-0.1, -0.05) is 55.9 Å². The molecule has 8 heteroatoms. The Morgan fingerprint density at radius 3 is 2.63 bits per heavy atom. The topological polar surface area (TPSA) is 85.3 Å². The lowest BCUT2D eigenvalue weighted by Gasteiger charge is -2.52. The molecule has 1 aromatic rings. The van der Waals surface area contributed by atoms with Crippen molar-refractivity contribution in [1.82, 2.24) is 4.90 Å². The van der Waals surface area contributed by atoms with E-state index in [1.54, 1.807) is 5.55 Å². The molecule has 1 aromatic carbocycles. The Kier molecular flexibility index (Phi) is 5.55. The van der Waals surface area contributed by atoms with Gasteiger partial charge < -0.3 is 14.4 Å². The van der Waals surface area contributed by atoms with Crippen LogP contribution in [0.2, 0.25) is 0 Å². The molecule has 0 aliphatic carbocycles.